The Morgan fingerprint density at radius 2 is 1.96 bits per heavy atom. The van der Waals surface area contributed by atoms with Crippen molar-refractivity contribution in [3.63, 3.8) is 0 Å². The highest BCUT2D eigenvalue weighted by molar-refractivity contribution is 5.94. The minimum absolute atomic E-state index is 0. The van der Waals surface area contributed by atoms with Crippen LogP contribution in [-0.2, 0) is 4.79 Å². The zero-order valence-corrected chi connectivity index (χ0v) is 16.3. The molecule has 0 bridgehead atoms. The number of benzene rings is 1. The highest BCUT2D eigenvalue weighted by atomic mass is 35.5. The van der Waals surface area contributed by atoms with E-state index < -0.39 is 6.10 Å². The minimum Gasteiger partial charge on any atom is -0.481 e. The number of piperazine rings is 1. The van der Waals surface area contributed by atoms with E-state index >= 15 is 0 Å². The van der Waals surface area contributed by atoms with E-state index in [2.05, 4.69) is 10.2 Å². The summed E-state index contributed by atoms with van der Waals surface area (Å²) in [6.07, 6.45) is 0.474. The summed E-state index contributed by atoms with van der Waals surface area (Å²) in [7, 11) is 0. The number of hydrogen-bond donors (Lipinski definition) is 1. The molecule has 3 rings (SSSR count). The van der Waals surface area contributed by atoms with E-state index in [9.17, 15) is 9.59 Å². The molecule has 1 aromatic rings. The Labute approximate surface area is 161 Å². The lowest BCUT2D eigenvalue weighted by molar-refractivity contribution is -0.137. The van der Waals surface area contributed by atoms with E-state index in [-0.39, 0.29) is 24.1 Å². The van der Waals surface area contributed by atoms with Crippen LogP contribution in [0.2, 0.25) is 0 Å². The average Bonchev–Trinajstić information content (AvgIpc) is 3.12. The van der Waals surface area contributed by atoms with E-state index in [1.807, 2.05) is 4.90 Å². The molecular weight excluding hydrogens is 354 g/mol. The Balaban J connectivity index is 0.00000243. The van der Waals surface area contributed by atoms with Gasteiger partial charge in [0, 0.05) is 50.9 Å². The number of likely N-dealkylation sites (tertiary alicyclic amines) is 1. The number of nitrogens with zero attached hydrogens (tertiary/aromatic N) is 2. The molecule has 2 aliphatic heterocycles. The monoisotopic (exact) mass is 381 g/mol. The predicted molar refractivity (Wildman–Crippen MR) is 103 cm³/mol. The van der Waals surface area contributed by atoms with Crippen LogP contribution in [0.25, 0.3) is 0 Å². The molecule has 0 saturated carbocycles. The number of ketones is 1. The first-order valence-corrected chi connectivity index (χ1v) is 9.06. The van der Waals surface area contributed by atoms with Gasteiger partial charge >= 0.3 is 0 Å². The van der Waals surface area contributed by atoms with Crippen molar-refractivity contribution in [2.24, 2.45) is 0 Å². The molecule has 1 aromatic carbocycles. The lowest BCUT2D eigenvalue weighted by Gasteiger charge is -2.32. The Hall–Kier alpha value is -1.63. The molecule has 7 heteroatoms. The molecule has 1 N–H and O–H groups in total. The summed E-state index contributed by atoms with van der Waals surface area (Å²) < 4.78 is 5.79. The van der Waals surface area contributed by atoms with Crippen LogP contribution in [0.4, 0.5) is 0 Å². The van der Waals surface area contributed by atoms with Crippen LogP contribution in [0.3, 0.4) is 0 Å². The molecule has 2 heterocycles. The average molecular weight is 382 g/mol. The van der Waals surface area contributed by atoms with E-state index in [0.29, 0.717) is 17.4 Å². The number of carbonyl (C=O) groups excluding carboxylic acids is 2. The maximum atomic E-state index is 12.7. The quantitative estimate of drug-likeness (QED) is 0.785. The fraction of sp³-hybridized carbons (Fsp3) is 0.579. The standard InChI is InChI=1S/C19H27N3O3.ClH/c1-14(23)16-4-3-5-18(12-16)25-15(2)19(24)22-9-6-17(13-22)21-10-7-20-8-11-21;/h3-5,12,15,17,20H,6-11,13H2,1-2H3;1H. The second-order valence-corrected chi connectivity index (χ2v) is 6.86. The third-order valence-electron chi connectivity index (χ3n) is 5.04. The van der Waals surface area contributed by atoms with Crippen molar-refractivity contribution in [1.29, 1.82) is 0 Å². The van der Waals surface area contributed by atoms with Crippen molar-refractivity contribution in [2.45, 2.75) is 32.4 Å². The molecule has 6 nitrogen and oxygen atoms in total. The van der Waals surface area contributed by atoms with Crippen LogP contribution < -0.4 is 10.1 Å². The molecule has 2 fully saturated rings. The smallest absolute Gasteiger partial charge is 0.263 e. The van der Waals surface area contributed by atoms with Crippen LogP contribution in [0, 0.1) is 0 Å². The lowest BCUT2D eigenvalue weighted by Crippen LogP contribution is -2.50. The number of rotatable bonds is 5. The third kappa shape index (κ3) is 4.96. The summed E-state index contributed by atoms with van der Waals surface area (Å²) in [5, 5.41) is 3.36. The molecule has 2 atom stereocenters. The summed E-state index contributed by atoms with van der Waals surface area (Å²) in [6.45, 7) is 9.02. The van der Waals surface area contributed by atoms with Crippen LogP contribution in [-0.4, -0.2) is 72.9 Å². The Morgan fingerprint density at radius 3 is 2.65 bits per heavy atom. The summed E-state index contributed by atoms with van der Waals surface area (Å²) in [5.74, 6) is 0.570. The van der Waals surface area contributed by atoms with Gasteiger partial charge in [-0.2, -0.15) is 0 Å². The molecule has 0 aromatic heterocycles. The fourth-order valence-electron chi connectivity index (χ4n) is 3.59. The van der Waals surface area contributed by atoms with Crippen molar-refractivity contribution in [3.05, 3.63) is 29.8 Å². The highest BCUT2D eigenvalue weighted by Gasteiger charge is 2.33. The molecular formula is C19H28ClN3O3. The van der Waals surface area contributed by atoms with E-state index in [1.165, 1.54) is 6.92 Å². The van der Waals surface area contributed by atoms with Gasteiger partial charge in [-0.15, -0.1) is 12.4 Å². The summed E-state index contributed by atoms with van der Waals surface area (Å²) in [4.78, 5) is 28.6. The van der Waals surface area contributed by atoms with E-state index in [4.69, 9.17) is 4.74 Å². The summed E-state index contributed by atoms with van der Waals surface area (Å²) in [5.41, 5.74) is 0.595. The van der Waals surface area contributed by atoms with Crippen molar-refractivity contribution < 1.29 is 14.3 Å². The number of amides is 1. The summed E-state index contributed by atoms with van der Waals surface area (Å²) in [6, 6.07) is 7.46. The molecule has 0 radical (unpaired) electrons. The first-order valence-electron chi connectivity index (χ1n) is 9.06. The van der Waals surface area contributed by atoms with Gasteiger partial charge in [-0.05, 0) is 32.4 Å². The van der Waals surface area contributed by atoms with E-state index in [1.54, 1.807) is 31.2 Å². The number of nitrogens with one attached hydrogen (secondary N) is 1. The van der Waals surface area contributed by atoms with Gasteiger partial charge in [-0.1, -0.05) is 12.1 Å². The van der Waals surface area contributed by atoms with Gasteiger partial charge in [0.25, 0.3) is 5.91 Å². The molecule has 2 saturated heterocycles. The van der Waals surface area contributed by atoms with E-state index in [0.717, 1.165) is 45.7 Å². The predicted octanol–water partition coefficient (Wildman–Crippen LogP) is 1.58. The zero-order chi connectivity index (χ0) is 17.8. The normalized spacial score (nSPS) is 21.8. The van der Waals surface area contributed by atoms with Crippen LogP contribution in [0.15, 0.2) is 24.3 Å². The Bertz CT molecular complexity index is 634. The van der Waals surface area contributed by atoms with Crippen molar-refractivity contribution >= 4 is 24.1 Å². The molecule has 2 unspecified atom stereocenters. The molecule has 1 amide bonds. The van der Waals surface area contributed by atoms with Gasteiger partial charge in [0.1, 0.15) is 5.75 Å². The number of carbonyl (C=O) groups is 2. The lowest BCUT2D eigenvalue weighted by atomic mass is 10.1. The highest BCUT2D eigenvalue weighted by Crippen LogP contribution is 2.20. The largest absolute Gasteiger partial charge is 0.481 e. The van der Waals surface area contributed by atoms with Gasteiger partial charge in [-0.25, -0.2) is 0 Å². The molecule has 0 spiro atoms. The Morgan fingerprint density at radius 1 is 1.23 bits per heavy atom. The van der Waals surface area contributed by atoms with Crippen LogP contribution in [0.5, 0.6) is 5.75 Å². The first kappa shape index (κ1) is 20.7. The molecule has 0 aliphatic carbocycles. The molecule has 2 aliphatic rings. The van der Waals surface area contributed by atoms with Gasteiger partial charge in [-0.3, -0.25) is 14.5 Å². The van der Waals surface area contributed by atoms with Crippen LogP contribution in [0.1, 0.15) is 30.6 Å². The second-order valence-electron chi connectivity index (χ2n) is 6.86. The number of ether oxygens (including phenoxy) is 1. The van der Waals surface area contributed by atoms with Crippen molar-refractivity contribution in [2.75, 3.05) is 39.3 Å². The zero-order valence-electron chi connectivity index (χ0n) is 15.4. The maximum absolute atomic E-state index is 12.7. The van der Waals surface area contributed by atoms with Gasteiger partial charge in [0.15, 0.2) is 11.9 Å². The topological polar surface area (TPSA) is 61.9 Å². The number of hydrogen-bond acceptors (Lipinski definition) is 5. The van der Waals surface area contributed by atoms with Gasteiger partial charge in [0.05, 0.1) is 0 Å². The van der Waals surface area contributed by atoms with Gasteiger partial charge in [0.2, 0.25) is 0 Å². The number of Topliss-reactive ketones (excluding diaryl/α,β-unsaturated/α-hetero) is 1. The van der Waals surface area contributed by atoms with Crippen molar-refractivity contribution in [3.8, 4) is 5.75 Å². The maximum Gasteiger partial charge on any atom is 0.263 e. The third-order valence-corrected chi connectivity index (χ3v) is 5.04. The fourth-order valence-corrected chi connectivity index (χ4v) is 3.59. The second kappa shape index (κ2) is 9.35. The molecule has 26 heavy (non-hydrogen) atoms. The van der Waals surface area contributed by atoms with Crippen LogP contribution >= 0.6 is 12.4 Å². The summed E-state index contributed by atoms with van der Waals surface area (Å²) >= 11 is 0. The SMILES string of the molecule is CC(=O)c1cccc(OC(C)C(=O)N2CCC(N3CCNCC3)C2)c1.Cl. The van der Waals surface area contributed by atoms with Gasteiger partial charge < -0.3 is 15.0 Å². The van der Waals surface area contributed by atoms with Crippen molar-refractivity contribution in [1.82, 2.24) is 15.1 Å². The minimum atomic E-state index is -0.552. The first-order chi connectivity index (χ1) is 12.0. The Kier molecular flexibility index (Phi) is 7.43. The number of halogens is 1. The molecule has 144 valence electrons.